The largest absolute Gasteiger partial charge is 0.469 e. The molecule has 0 fully saturated rings. The van der Waals surface area contributed by atoms with Gasteiger partial charge in [-0.2, -0.15) is 0 Å². The zero-order valence-electron chi connectivity index (χ0n) is 12.1. The summed E-state index contributed by atoms with van der Waals surface area (Å²) in [5.41, 5.74) is 0.282. The normalized spacial score (nSPS) is 23.8. The van der Waals surface area contributed by atoms with Crippen molar-refractivity contribution in [1.29, 1.82) is 0 Å². The van der Waals surface area contributed by atoms with E-state index in [9.17, 15) is 14.7 Å². The molecule has 0 spiro atoms. The van der Waals surface area contributed by atoms with E-state index >= 15 is 0 Å². The lowest BCUT2D eigenvalue weighted by Crippen LogP contribution is -2.48. The SMILES string of the molecule is COC(=O)C[C@H]1C=C[C@H](NC(=O)c2ccccn2)[C@@H](CO)O1. The van der Waals surface area contributed by atoms with Gasteiger partial charge >= 0.3 is 5.97 Å². The second-order valence-electron chi connectivity index (χ2n) is 4.77. The van der Waals surface area contributed by atoms with E-state index in [1.54, 1.807) is 30.4 Å². The summed E-state index contributed by atoms with van der Waals surface area (Å²) in [6.45, 7) is -0.283. The molecule has 0 aromatic carbocycles. The third-order valence-electron chi connectivity index (χ3n) is 3.25. The number of hydrogen-bond acceptors (Lipinski definition) is 6. The summed E-state index contributed by atoms with van der Waals surface area (Å²) in [5.74, 6) is -0.758. The number of nitrogens with zero attached hydrogens (tertiary/aromatic N) is 1. The van der Waals surface area contributed by atoms with Gasteiger partial charge in [0.25, 0.3) is 5.91 Å². The Labute approximate surface area is 127 Å². The monoisotopic (exact) mass is 306 g/mol. The molecule has 3 atom stereocenters. The summed E-state index contributed by atoms with van der Waals surface area (Å²) in [7, 11) is 1.30. The maximum atomic E-state index is 12.1. The second kappa shape index (κ2) is 7.67. The lowest BCUT2D eigenvalue weighted by atomic mass is 10.0. The van der Waals surface area contributed by atoms with Crippen LogP contribution in [-0.4, -0.2) is 53.9 Å². The van der Waals surface area contributed by atoms with Crippen LogP contribution < -0.4 is 5.32 Å². The topological polar surface area (TPSA) is 97.8 Å². The Balaban J connectivity index is 2.00. The van der Waals surface area contributed by atoms with E-state index in [4.69, 9.17) is 4.74 Å². The van der Waals surface area contributed by atoms with Crippen LogP contribution in [-0.2, 0) is 14.3 Å². The van der Waals surface area contributed by atoms with Crippen molar-refractivity contribution in [3.05, 3.63) is 42.2 Å². The number of rotatable bonds is 5. The number of hydrogen-bond donors (Lipinski definition) is 2. The molecule has 0 saturated carbocycles. The minimum absolute atomic E-state index is 0.0599. The number of pyridine rings is 1. The Kier molecular flexibility index (Phi) is 5.62. The van der Waals surface area contributed by atoms with Gasteiger partial charge in [-0.1, -0.05) is 18.2 Å². The fourth-order valence-electron chi connectivity index (χ4n) is 2.11. The molecule has 0 saturated heterocycles. The number of aliphatic hydroxyl groups is 1. The van der Waals surface area contributed by atoms with E-state index in [2.05, 4.69) is 15.0 Å². The summed E-state index contributed by atoms with van der Waals surface area (Å²) in [5, 5.41) is 12.1. The van der Waals surface area contributed by atoms with Gasteiger partial charge in [-0.05, 0) is 12.1 Å². The number of carbonyl (C=O) groups excluding carboxylic acids is 2. The fourth-order valence-corrected chi connectivity index (χ4v) is 2.11. The summed E-state index contributed by atoms with van der Waals surface area (Å²) in [6.07, 6.45) is 3.85. The fraction of sp³-hybridized carbons (Fsp3) is 0.400. The van der Waals surface area contributed by atoms with E-state index < -0.39 is 24.2 Å². The smallest absolute Gasteiger partial charge is 0.308 e. The molecule has 1 aromatic rings. The summed E-state index contributed by atoms with van der Waals surface area (Å²) in [6, 6.07) is 4.53. The highest BCUT2D eigenvalue weighted by Crippen LogP contribution is 2.16. The van der Waals surface area contributed by atoms with Crippen LogP contribution >= 0.6 is 0 Å². The first-order chi connectivity index (χ1) is 10.6. The molecule has 0 radical (unpaired) electrons. The highest BCUT2D eigenvalue weighted by Gasteiger charge is 2.29. The average molecular weight is 306 g/mol. The van der Waals surface area contributed by atoms with Gasteiger partial charge in [0.1, 0.15) is 11.8 Å². The van der Waals surface area contributed by atoms with E-state index in [1.807, 2.05) is 0 Å². The van der Waals surface area contributed by atoms with Crippen molar-refractivity contribution < 1.29 is 24.2 Å². The Bertz CT molecular complexity index is 546. The standard InChI is InChI=1S/C15H18N2O5/c1-21-14(19)8-10-5-6-11(13(9-18)22-10)17-15(20)12-4-2-3-7-16-12/h2-7,10-11,13,18H,8-9H2,1H3,(H,17,20)/t10-,11+,13-/m1/s1. The van der Waals surface area contributed by atoms with Crippen molar-refractivity contribution in [2.75, 3.05) is 13.7 Å². The first-order valence-corrected chi connectivity index (χ1v) is 6.87. The zero-order valence-corrected chi connectivity index (χ0v) is 12.1. The molecule has 118 valence electrons. The molecule has 22 heavy (non-hydrogen) atoms. The minimum atomic E-state index is -0.632. The molecule has 1 amide bonds. The van der Waals surface area contributed by atoms with Crippen LogP contribution in [0.1, 0.15) is 16.9 Å². The van der Waals surface area contributed by atoms with Crippen molar-refractivity contribution in [3.63, 3.8) is 0 Å². The van der Waals surface area contributed by atoms with E-state index in [0.717, 1.165) is 0 Å². The van der Waals surface area contributed by atoms with Crippen LogP contribution in [0.25, 0.3) is 0 Å². The van der Waals surface area contributed by atoms with Gasteiger partial charge in [0.15, 0.2) is 0 Å². The molecule has 0 unspecified atom stereocenters. The number of ether oxygens (including phenoxy) is 2. The van der Waals surface area contributed by atoms with Crippen molar-refractivity contribution in [3.8, 4) is 0 Å². The van der Waals surface area contributed by atoms with Crippen LogP contribution in [0.15, 0.2) is 36.5 Å². The molecule has 7 nitrogen and oxygen atoms in total. The van der Waals surface area contributed by atoms with Gasteiger partial charge in [-0.25, -0.2) is 0 Å². The molecular formula is C15H18N2O5. The molecule has 0 aliphatic carbocycles. The van der Waals surface area contributed by atoms with Gasteiger partial charge in [0.2, 0.25) is 0 Å². The molecule has 2 rings (SSSR count). The summed E-state index contributed by atoms with van der Waals surface area (Å²) in [4.78, 5) is 27.3. The van der Waals surface area contributed by atoms with Gasteiger partial charge in [-0.3, -0.25) is 14.6 Å². The third kappa shape index (κ3) is 4.12. The maximum absolute atomic E-state index is 12.1. The minimum Gasteiger partial charge on any atom is -0.469 e. The van der Waals surface area contributed by atoms with Crippen LogP contribution in [0.3, 0.4) is 0 Å². The zero-order chi connectivity index (χ0) is 15.9. The van der Waals surface area contributed by atoms with Gasteiger partial charge in [-0.15, -0.1) is 0 Å². The van der Waals surface area contributed by atoms with E-state index in [1.165, 1.54) is 13.3 Å². The predicted octanol–water partition coefficient (Wildman–Crippen LogP) is 0.0590. The summed E-state index contributed by atoms with van der Waals surface area (Å²) < 4.78 is 10.2. The summed E-state index contributed by atoms with van der Waals surface area (Å²) >= 11 is 0. The van der Waals surface area contributed by atoms with Crippen molar-refractivity contribution in [1.82, 2.24) is 10.3 Å². The van der Waals surface area contributed by atoms with Crippen molar-refractivity contribution >= 4 is 11.9 Å². The van der Waals surface area contributed by atoms with Crippen molar-refractivity contribution in [2.45, 2.75) is 24.7 Å². The van der Waals surface area contributed by atoms with Gasteiger partial charge in [0, 0.05) is 6.20 Å². The first-order valence-electron chi connectivity index (χ1n) is 6.87. The Hall–Kier alpha value is -2.25. The van der Waals surface area contributed by atoms with Gasteiger partial charge in [0.05, 0.1) is 32.3 Å². The van der Waals surface area contributed by atoms with Crippen molar-refractivity contribution in [2.24, 2.45) is 0 Å². The highest BCUT2D eigenvalue weighted by atomic mass is 16.5. The number of esters is 1. The number of methoxy groups -OCH3 is 1. The van der Waals surface area contributed by atoms with Crippen LogP contribution in [0.5, 0.6) is 0 Å². The quantitative estimate of drug-likeness (QED) is 0.590. The Morgan fingerprint density at radius 1 is 1.41 bits per heavy atom. The number of aliphatic hydroxyl groups excluding tert-OH is 1. The molecular weight excluding hydrogens is 288 g/mol. The lowest BCUT2D eigenvalue weighted by Gasteiger charge is -2.31. The van der Waals surface area contributed by atoms with Gasteiger partial charge < -0.3 is 19.9 Å². The Morgan fingerprint density at radius 2 is 2.23 bits per heavy atom. The molecule has 2 N–H and O–H groups in total. The van der Waals surface area contributed by atoms with E-state index in [0.29, 0.717) is 0 Å². The van der Waals surface area contributed by atoms with Crippen LogP contribution in [0, 0.1) is 0 Å². The molecule has 2 heterocycles. The number of aromatic nitrogens is 1. The number of carbonyl (C=O) groups is 2. The average Bonchev–Trinajstić information content (AvgIpc) is 2.56. The molecule has 1 aliphatic rings. The second-order valence-corrected chi connectivity index (χ2v) is 4.77. The van der Waals surface area contributed by atoms with Crippen LogP contribution in [0.2, 0.25) is 0 Å². The van der Waals surface area contributed by atoms with Crippen LogP contribution in [0.4, 0.5) is 0 Å². The maximum Gasteiger partial charge on any atom is 0.308 e. The molecule has 7 heteroatoms. The first kappa shape index (κ1) is 16.1. The highest BCUT2D eigenvalue weighted by molar-refractivity contribution is 5.92. The number of nitrogens with one attached hydrogen (secondary N) is 1. The van der Waals surface area contributed by atoms with E-state index in [-0.39, 0.29) is 24.6 Å². The molecule has 0 bridgehead atoms. The molecule has 1 aromatic heterocycles. The predicted molar refractivity (Wildman–Crippen MR) is 77.0 cm³/mol. The Morgan fingerprint density at radius 3 is 2.86 bits per heavy atom. The number of amides is 1. The lowest BCUT2D eigenvalue weighted by molar-refractivity contribution is -0.144. The molecule has 1 aliphatic heterocycles. The third-order valence-corrected chi connectivity index (χ3v) is 3.25.